The van der Waals surface area contributed by atoms with Crippen molar-refractivity contribution in [3.8, 4) is 0 Å². The first-order valence-corrected chi connectivity index (χ1v) is 7.25. The van der Waals surface area contributed by atoms with Crippen LogP contribution in [-0.2, 0) is 4.79 Å². The van der Waals surface area contributed by atoms with E-state index in [0.717, 1.165) is 0 Å². The van der Waals surface area contributed by atoms with Gasteiger partial charge in [-0.25, -0.2) is 0 Å². The Bertz CT molecular complexity index is 586. The zero-order valence-electron chi connectivity index (χ0n) is 11.9. The smallest absolute Gasteiger partial charge is 0.305 e. The van der Waals surface area contributed by atoms with E-state index in [9.17, 15) is 19.7 Å². The molecule has 0 saturated carbocycles. The van der Waals surface area contributed by atoms with Gasteiger partial charge in [-0.05, 0) is 32.2 Å². The van der Waals surface area contributed by atoms with Gasteiger partial charge in [0.15, 0.2) is 0 Å². The van der Waals surface area contributed by atoms with Crippen LogP contribution in [0, 0.1) is 10.1 Å². The molecule has 7 nitrogen and oxygen atoms in total. The fourth-order valence-corrected chi connectivity index (χ4v) is 2.22. The summed E-state index contributed by atoms with van der Waals surface area (Å²) in [4.78, 5) is 34.0. The molecule has 0 saturated heterocycles. The van der Waals surface area contributed by atoms with Crippen molar-refractivity contribution in [2.24, 2.45) is 0 Å². The van der Waals surface area contributed by atoms with E-state index < -0.39 is 22.3 Å². The second-order valence-corrected chi connectivity index (χ2v) is 5.93. The number of thioether (sulfide) groups is 1. The van der Waals surface area contributed by atoms with Crippen LogP contribution in [0.4, 0.5) is 5.69 Å². The first kappa shape index (κ1) is 17.0. The molecule has 1 aromatic carbocycles. The molecule has 0 radical (unpaired) electrons. The van der Waals surface area contributed by atoms with Gasteiger partial charge in [0, 0.05) is 16.5 Å². The number of carboxylic acids is 1. The molecular formula is C13H16N2O5S. The molecule has 0 aliphatic heterocycles. The van der Waals surface area contributed by atoms with Crippen LogP contribution in [-0.4, -0.2) is 33.7 Å². The zero-order valence-corrected chi connectivity index (χ0v) is 12.7. The van der Waals surface area contributed by atoms with Gasteiger partial charge in [-0.15, -0.1) is 11.8 Å². The lowest BCUT2D eigenvalue weighted by Crippen LogP contribution is -2.45. The lowest BCUT2D eigenvalue weighted by atomic mass is 10.00. The molecule has 0 heterocycles. The molecule has 2 N–H and O–H groups in total. The number of carbonyl (C=O) groups excluding carboxylic acids is 1. The van der Waals surface area contributed by atoms with Crippen molar-refractivity contribution in [2.75, 3.05) is 6.26 Å². The molecule has 0 aromatic heterocycles. The molecule has 8 heteroatoms. The Labute approximate surface area is 125 Å². The van der Waals surface area contributed by atoms with Crippen LogP contribution in [0.3, 0.4) is 0 Å². The second kappa shape index (κ2) is 6.57. The summed E-state index contributed by atoms with van der Waals surface area (Å²) in [7, 11) is 0. The van der Waals surface area contributed by atoms with E-state index in [1.54, 1.807) is 26.2 Å². The minimum atomic E-state index is -1.06. The Morgan fingerprint density at radius 3 is 2.52 bits per heavy atom. The van der Waals surface area contributed by atoms with Crippen molar-refractivity contribution >= 4 is 29.3 Å². The molecule has 0 fully saturated rings. The Morgan fingerprint density at radius 1 is 1.43 bits per heavy atom. The summed E-state index contributed by atoms with van der Waals surface area (Å²) in [6.07, 6.45) is 1.51. The molecule has 1 amide bonds. The van der Waals surface area contributed by atoms with Crippen molar-refractivity contribution in [1.29, 1.82) is 0 Å². The van der Waals surface area contributed by atoms with Crippen molar-refractivity contribution in [3.05, 3.63) is 33.9 Å². The number of benzene rings is 1. The normalized spacial score (nSPS) is 11.0. The number of amides is 1. The summed E-state index contributed by atoms with van der Waals surface area (Å²) in [6.45, 7) is 3.09. The van der Waals surface area contributed by atoms with Crippen molar-refractivity contribution in [2.45, 2.75) is 30.7 Å². The van der Waals surface area contributed by atoms with Gasteiger partial charge in [0.05, 0.1) is 11.3 Å². The molecule has 114 valence electrons. The maximum atomic E-state index is 12.2. The Kier molecular flexibility index (Phi) is 5.31. The third-order valence-electron chi connectivity index (χ3n) is 2.69. The maximum Gasteiger partial charge on any atom is 0.305 e. The van der Waals surface area contributed by atoms with E-state index >= 15 is 0 Å². The van der Waals surface area contributed by atoms with E-state index in [2.05, 4.69) is 5.32 Å². The van der Waals surface area contributed by atoms with Crippen molar-refractivity contribution in [1.82, 2.24) is 5.32 Å². The monoisotopic (exact) mass is 312 g/mol. The van der Waals surface area contributed by atoms with Gasteiger partial charge in [0.1, 0.15) is 5.56 Å². The highest BCUT2D eigenvalue weighted by Crippen LogP contribution is 2.25. The summed E-state index contributed by atoms with van der Waals surface area (Å²) in [6, 6.07) is 4.25. The van der Waals surface area contributed by atoms with Crippen LogP contribution in [0.1, 0.15) is 30.6 Å². The highest BCUT2D eigenvalue weighted by molar-refractivity contribution is 7.98. The number of carbonyl (C=O) groups is 2. The summed E-state index contributed by atoms with van der Waals surface area (Å²) in [5.74, 6) is -1.73. The topological polar surface area (TPSA) is 110 Å². The van der Waals surface area contributed by atoms with Crippen molar-refractivity contribution < 1.29 is 19.6 Å². The summed E-state index contributed by atoms with van der Waals surface area (Å²) in [5, 5.41) is 22.3. The third kappa shape index (κ3) is 4.75. The van der Waals surface area contributed by atoms with Gasteiger partial charge < -0.3 is 10.4 Å². The molecule has 0 spiro atoms. The number of carboxylic acid groups (broad SMARTS) is 1. The average Bonchev–Trinajstić information content (AvgIpc) is 2.35. The van der Waals surface area contributed by atoms with Crippen LogP contribution in [0.5, 0.6) is 0 Å². The van der Waals surface area contributed by atoms with E-state index in [1.165, 1.54) is 23.9 Å². The van der Waals surface area contributed by atoms with Gasteiger partial charge in [0.25, 0.3) is 11.6 Å². The van der Waals surface area contributed by atoms with Crippen LogP contribution >= 0.6 is 11.8 Å². The first-order valence-electron chi connectivity index (χ1n) is 6.03. The van der Waals surface area contributed by atoms with Crippen LogP contribution < -0.4 is 5.32 Å². The molecule has 0 aliphatic carbocycles. The van der Waals surface area contributed by atoms with Gasteiger partial charge in [-0.1, -0.05) is 0 Å². The average molecular weight is 312 g/mol. The van der Waals surface area contributed by atoms with Crippen LogP contribution in [0.25, 0.3) is 0 Å². The van der Waals surface area contributed by atoms with Gasteiger partial charge in [-0.2, -0.15) is 0 Å². The number of nitrogens with zero attached hydrogens (tertiary/aromatic N) is 1. The number of aliphatic carboxylic acids is 1. The molecule has 21 heavy (non-hydrogen) atoms. The predicted octanol–water partition coefficient (Wildman–Crippen LogP) is 2.30. The molecule has 0 atom stereocenters. The number of rotatable bonds is 6. The molecule has 1 rings (SSSR count). The minimum absolute atomic E-state index is 0.0784. The molecule has 1 aromatic rings. The number of hydrogen-bond acceptors (Lipinski definition) is 5. The number of nitrogens with one attached hydrogen (secondary N) is 1. The van der Waals surface area contributed by atoms with Gasteiger partial charge in [0.2, 0.25) is 0 Å². The Balaban J connectivity index is 3.11. The lowest BCUT2D eigenvalue weighted by molar-refractivity contribution is -0.385. The molecule has 0 bridgehead atoms. The Hall–Kier alpha value is -2.09. The summed E-state index contributed by atoms with van der Waals surface area (Å²) >= 11 is 1.35. The molecular weight excluding hydrogens is 296 g/mol. The SMILES string of the molecule is CSc1ccc([N+](=O)[O-])c(C(=O)NC(C)(C)CC(=O)O)c1. The highest BCUT2D eigenvalue weighted by atomic mass is 32.2. The lowest BCUT2D eigenvalue weighted by Gasteiger charge is -2.24. The maximum absolute atomic E-state index is 12.2. The quantitative estimate of drug-likeness (QED) is 0.474. The van der Waals surface area contributed by atoms with E-state index in [1.807, 2.05) is 0 Å². The standard InChI is InChI=1S/C13H16N2O5S/c1-13(2,7-11(16)17)14-12(18)9-6-8(21-3)4-5-10(9)15(19)20/h4-6H,7H2,1-3H3,(H,14,18)(H,16,17). The van der Waals surface area contributed by atoms with E-state index in [0.29, 0.717) is 4.90 Å². The minimum Gasteiger partial charge on any atom is -0.481 e. The largest absolute Gasteiger partial charge is 0.481 e. The number of nitro groups is 1. The fraction of sp³-hybridized carbons (Fsp3) is 0.385. The zero-order chi connectivity index (χ0) is 16.2. The first-order chi connectivity index (χ1) is 9.66. The third-order valence-corrected chi connectivity index (χ3v) is 3.42. The molecule has 0 aliphatic rings. The molecule has 0 unspecified atom stereocenters. The Morgan fingerprint density at radius 2 is 2.05 bits per heavy atom. The van der Waals surface area contributed by atoms with Crippen molar-refractivity contribution in [3.63, 3.8) is 0 Å². The van der Waals surface area contributed by atoms with Gasteiger partial charge >= 0.3 is 5.97 Å². The van der Waals surface area contributed by atoms with Crippen LogP contribution in [0.2, 0.25) is 0 Å². The summed E-state index contributed by atoms with van der Waals surface area (Å²) in [5.41, 5.74) is -1.40. The highest BCUT2D eigenvalue weighted by Gasteiger charge is 2.28. The summed E-state index contributed by atoms with van der Waals surface area (Å²) < 4.78 is 0. The van der Waals surface area contributed by atoms with E-state index in [4.69, 9.17) is 5.11 Å². The second-order valence-electron chi connectivity index (χ2n) is 5.05. The predicted molar refractivity (Wildman–Crippen MR) is 78.7 cm³/mol. The fourth-order valence-electron chi connectivity index (χ4n) is 1.78. The number of nitro benzene ring substituents is 1. The number of hydrogen-bond donors (Lipinski definition) is 2. The van der Waals surface area contributed by atoms with Gasteiger partial charge in [-0.3, -0.25) is 19.7 Å². The van der Waals surface area contributed by atoms with E-state index in [-0.39, 0.29) is 17.7 Å². The van der Waals surface area contributed by atoms with Crippen LogP contribution in [0.15, 0.2) is 23.1 Å².